The molecule has 0 aromatic heterocycles. The van der Waals surface area contributed by atoms with Crippen LogP contribution in [0.5, 0.6) is 0 Å². The van der Waals surface area contributed by atoms with Gasteiger partial charge < -0.3 is 15.4 Å². The molecule has 1 rings (SSSR count). The molecule has 82 valence electrons. The number of nitrogens with zero attached hydrogens (tertiary/aromatic N) is 1. The van der Waals surface area contributed by atoms with Crippen molar-refractivity contribution < 1.29 is 9.53 Å². The Hall–Kier alpha value is -0.610. The predicted octanol–water partition coefficient (Wildman–Crippen LogP) is 0.219. The highest BCUT2D eigenvalue weighted by Crippen LogP contribution is 2.18. The van der Waals surface area contributed by atoms with Crippen LogP contribution < -0.4 is 5.73 Å². The Morgan fingerprint density at radius 3 is 2.79 bits per heavy atom. The largest absolute Gasteiger partial charge is 0.370 e. The number of carbonyl (C=O) groups excluding carboxylic acids is 1. The van der Waals surface area contributed by atoms with Crippen molar-refractivity contribution >= 4 is 5.91 Å². The maximum Gasteiger partial charge on any atom is 0.248 e. The Kier molecular flexibility index (Phi) is 3.50. The van der Waals surface area contributed by atoms with E-state index in [1.165, 1.54) is 0 Å². The summed E-state index contributed by atoms with van der Waals surface area (Å²) in [6.45, 7) is 8.29. The maximum absolute atomic E-state index is 11.6. The molecule has 1 aliphatic heterocycles. The molecule has 1 unspecified atom stereocenters. The Labute approximate surface area is 85.4 Å². The third-order valence-corrected chi connectivity index (χ3v) is 2.59. The van der Waals surface area contributed by atoms with Gasteiger partial charge in [0.1, 0.15) is 6.61 Å². The lowest BCUT2D eigenvalue weighted by Crippen LogP contribution is -2.52. The summed E-state index contributed by atoms with van der Waals surface area (Å²) < 4.78 is 5.15. The molecule has 0 saturated carbocycles. The van der Waals surface area contributed by atoms with Gasteiger partial charge in [-0.2, -0.15) is 0 Å². The first kappa shape index (κ1) is 11.5. The monoisotopic (exact) mass is 200 g/mol. The van der Waals surface area contributed by atoms with Crippen molar-refractivity contribution in [1.82, 2.24) is 4.90 Å². The summed E-state index contributed by atoms with van der Waals surface area (Å²) in [5.41, 5.74) is 5.63. The van der Waals surface area contributed by atoms with Crippen LogP contribution in [0.25, 0.3) is 0 Å². The quantitative estimate of drug-likeness (QED) is 0.709. The van der Waals surface area contributed by atoms with Crippen molar-refractivity contribution in [3.63, 3.8) is 0 Å². The average Bonchev–Trinajstić information content (AvgIpc) is 2.12. The Morgan fingerprint density at radius 1 is 1.64 bits per heavy atom. The molecule has 0 bridgehead atoms. The van der Waals surface area contributed by atoms with E-state index in [9.17, 15) is 4.79 Å². The second-order valence-electron chi connectivity index (χ2n) is 4.75. The topological polar surface area (TPSA) is 55.6 Å². The van der Waals surface area contributed by atoms with Gasteiger partial charge in [-0.3, -0.25) is 4.79 Å². The number of ether oxygens (including phenoxy) is 1. The van der Waals surface area contributed by atoms with Gasteiger partial charge in [0, 0.05) is 6.54 Å². The van der Waals surface area contributed by atoms with E-state index < -0.39 is 0 Å². The van der Waals surface area contributed by atoms with Crippen molar-refractivity contribution in [3.8, 4) is 0 Å². The highest BCUT2D eigenvalue weighted by Gasteiger charge is 2.30. The van der Waals surface area contributed by atoms with E-state index in [1.807, 2.05) is 11.8 Å². The fourth-order valence-electron chi connectivity index (χ4n) is 1.51. The van der Waals surface area contributed by atoms with Gasteiger partial charge in [-0.15, -0.1) is 0 Å². The highest BCUT2D eigenvalue weighted by atomic mass is 16.5. The predicted molar refractivity (Wildman–Crippen MR) is 54.8 cm³/mol. The standard InChI is InChI=1S/C10H20N2O2/c1-8-4-14-5-9(13)12(8)7-10(2,3)6-11/h8H,4-7,11H2,1-3H3. The fraction of sp³-hybridized carbons (Fsp3) is 0.900. The van der Waals surface area contributed by atoms with Crippen molar-refractivity contribution in [2.45, 2.75) is 26.8 Å². The first-order chi connectivity index (χ1) is 6.46. The molecule has 14 heavy (non-hydrogen) atoms. The number of hydrogen-bond donors (Lipinski definition) is 1. The zero-order valence-corrected chi connectivity index (χ0v) is 9.25. The van der Waals surface area contributed by atoms with E-state index in [4.69, 9.17) is 10.5 Å². The molecular formula is C10H20N2O2. The third kappa shape index (κ3) is 2.69. The molecule has 1 amide bonds. The first-order valence-electron chi connectivity index (χ1n) is 5.03. The van der Waals surface area contributed by atoms with Gasteiger partial charge in [-0.25, -0.2) is 0 Å². The lowest BCUT2D eigenvalue weighted by molar-refractivity contribution is -0.149. The molecule has 4 nitrogen and oxygen atoms in total. The second-order valence-corrected chi connectivity index (χ2v) is 4.75. The zero-order chi connectivity index (χ0) is 10.8. The molecule has 1 saturated heterocycles. The number of hydrogen-bond acceptors (Lipinski definition) is 3. The molecule has 1 heterocycles. The van der Waals surface area contributed by atoms with E-state index >= 15 is 0 Å². The van der Waals surface area contributed by atoms with Crippen LogP contribution in [0.2, 0.25) is 0 Å². The summed E-state index contributed by atoms with van der Waals surface area (Å²) in [6, 6.07) is 0.169. The SMILES string of the molecule is CC1COCC(=O)N1CC(C)(C)CN. The Bertz CT molecular complexity index is 216. The normalized spacial score (nSPS) is 24.1. The van der Waals surface area contributed by atoms with E-state index in [2.05, 4.69) is 13.8 Å². The van der Waals surface area contributed by atoms with Gasteiger partial charge in [0.25, 0.3) is 0 Å². The minimum Gasteiger partial charge on any atom is -0.370 e. The van der Waals surface area contributed by atoms with Gasteiger partial charge in [-0.05, 0) is 18.9 Å². The van der Waals surface area contributed by atoms with E-state index in [-0.39, 0.29) is 24.0 Å². The van der Waals surface area contributed by atoms with Gasteiger partial charge in [0.15, 0.2) is 0 Å². The number of morpholine rings is 1. The lowest BCUT2D eigenvalue weighted by Gasteiger charge is -2.38. The van der Waals surface area contributed by atoms with Gasteiger partial charge in [-0.1, -0.05) is 13.8 Å². The third-order valence-electron chi connectivity index (χ3n) is 2.59. The van der Waals surface area contributed by atoms with E-state index in [1.54, 1.807) is 0 Å². The Balaban J connectivity index is 2.60. The molecule has 4 heteroatoms. The summed E-state index contributed by atoms with van der Waals surface area (Å²) >= 11 is 0. The molecule has 0 aliphatic carbocycles. The molecule has 0 aromatic carbocycles. The summed E-state index contributed by atoms with van der Waals surface area (Å²) in [7, 11) is 0. The van der Waals surface area contributed by atoms with Gasteiger partial charge in [0.05, 0.1) is 12.6 Å². The molecule has 1 aliphatic rings. The van der Waals surface area contributed by atoms with Crippen LogP contribution in [0, 0.1) is 5.41 Å². The van der Waals surface area contributed by atoms with Crippen LogP contribution >= 0.6 is 0 Å². The molecule has 1 fully saturated rings. The van der Waals surface area contributed by atoms with Crippen LogP contribution in [-0.4, -0.2) is 43.2 Å². The van der Waals surface area contributed by atoms with Crippen molar-refractivity contribution in [2.75, 3.05) is 26.3 Å². The molecule has 2 N–H and O–H groups in total. The highest BCUT2D eigenvalue weighted by molar-refractivity contribution is 5.78. The van der Waals surface area contributed by atoms with Crippen LogP contribution in [-0.2, 0) is 9.53 Å². The summed E-state index contributed by atoms with van der Waals surface area (Å²) in [4.78, 5) is 13.4. The van der Waals surface area contributed by atoms with Crippen molar-refractivity contribution in [3.05, 3.63) is 0 Å². The minimum atomic E-state index is -0.0126. The molecular weight excluding hydrogens is 180 g/mol. The van der Waals surface area contributed by atoms with Gasteiger partial charge >= 0.3 is 0 Å². The number of amides is 1. The summed E-state index contributed by atoms with van der Waals surface area (Å²) in [5, 5.41) is 0. The minimum absolute atomic E-state index is 0.0126. The summed E-state index contributed by atoms with van der Waals surface area (Å²) in [5.74, 6) is 0.0743. The first-order valence-corrected chi connectivity index (χ1v) is 5.03. The van der Waals surface area contributed by atoms with Crippen LogP contribution in [0.3, 0.4) is 0 Å². The smallest absolute Gasteiger partial charge is 0.248 e. The van der Waals surface area contributed by atoms with E-state index in [0.29, 0.717) is 19.7 Å². The van der Waals surface area contributed by atoms with Crippen molar-refractivity contribution in [2.24, 2.45) is 11.1 Å². The number of nitrogens with two attached hydrogens (primary N) is 1. The van der Waals surface area contributed by atoms with Crippen LogP contribution in [0.4, 0.5) is 0 Å². The van der Waals surface area contributed by atoms with E-state index in [0.717, 1.165) is 0 Å². The maximum atomic E-state index is 11.6. The molecule has 0 aromatic rings. The van der Waals surface area contributed by atoms with Crippen molar-refractivity contribution in [1.29, 1.82) is 0 Å². The summed E-state index contributed by atoms with van der Waals surface area (Å²) in [6.07, 6.45) is 0. The lowest BCUT2D eigenvalue weighted by atomic mass is 9.92. The fourth-order valence-corrected chi connectivity index (χ4v) is 1.51. The Morgan fingerprint density at radius 2 is 2.29 bits per heavy atom. The second kappa shape index (κ2) is 4.28. The number of carbonyl (C=O) groups is 1. The molecule has 0 spiro atoms. The molecule has 0 radical (unpaired) electrons. The van der Waals surface area contributed by atoms with Crippen LogP contribution in [0.1, 0.15) is 20.8 Å². The molecule has 1 atom stereocenters. The van der Waals surface area contributed by atoms with Gasteiger partial charge in [0.2, 0.25) is 5.91 Å². The van der Waals surface area contributed by atoms with Crippen LogP contribution in [0.15, 0.2) is 0 Å². The number of rotatable bonds is 3. The average molecular weight is 200 g/mol. The zero-order valence-electron chi connectivity index (χ0n) is 9.25.